The number of carbonyl (C=O) groups excluding carboxylic acids is 1. The van der Waals surface area contributed by atoms with Crippen molar-refractivity contribution in [3.05, 3.63) is 113 Å². The van der Waals surface area contributed by atoms with Crippen LogP contribution in [0.3, 0.4) is 0 Å². The van der Waals surface area contributed by atoms with Gasteiger partial charge in [-0.2, -0.15) is 0 Å². The summed E-state index contributed by atoms with van der Waals surface area (Å²) >= 11 is 0. The second-order valence-corrected chi connectivity index (χ2v) is 12.4. The number of sulfonamides is 1. The first kappa shape index (κ1) is 27.3. The van der Waals surface area contributed by atoms with Crippen molar-refractivity contribution in [3.8, 4) is 0 Å². The smallest absolute Gasteiger partial charge is 0.244 e. The Morgan fingerprint density at radius 1 is 1.10 bits per heavy atom. The summed E-state index contributed by atoms with van der Waals surface area (Å²) in [4.78, 5) is 19.7. The van der Waals surface area contributed by atoms with E-state index in [1.807, 2.05) is 36.0 Å². The molecule has 1 fully saturated rings. The highest BCUT2D eigenvalue weighted by Crippen LogP contribution is 2.49. The number of nitrogens with zero attached hydrogens (tertiary/aromatic N) is 3. The van der Waals surface area contributed by atoms with E-state index in [1.54, 1.807) is 23.2 Å². The normalized spacial score (nSPS) is 19.9. The average Bonchev–Trinajstić information content (AvgIpc) is 3.66. The fraction of sp³-hybridized carbons (Fsp3) is 0.290. The van der Waals surface area contributed by atoms with Gasteiger partial charge in [0.05, 0.1) is 6.54 Å². The Balaban J connectivity index is 1.32. The lowest BCUT2D eigenvalue weighted by atomic mass is 9.87. The first-order valence-corrected chi connectivity index (χ1v) is 15.1. The Kier molecular flexibility index (Phi) is 7.21. The molecule has 1 heterocycles. The molecule has 0 spiro atoms. The molecule has 1 amide bonds. The molecular formula is C31H30F2N4O3S. The molecule has 2 aliphatic carbocycles. The maximum atomic E-state index is 14.4. The van der Waals surface area contributed by atoms with E-state index in [9.17, 15) is 22.0 Å². The second kappa shape index (κ2) is 10.8. The van der Waals surface area contributed by atoms with Crippen LogP contribution in [0.2, 0.25) is 0 Å². The van der Waals surface area contributed by atoms with Crippen molar-refractivity contribution in [1.29, 1.82) is 0 Å². The third-order valence-electron chi connectivity index (χ3n) is 8.07. The minimum Gasteiger partial charge on any atom is -0.337 e. The summed E-state index contributed by atoms with van der Waals surface area (Å²) in [5, 5.41) is 0. The van der Waals surface area contributed by atoms with Crippen LogP contribution in [0, 0.1) is 17.6 Å². The van der Waals surface area contributed by atoms with Gasteiger partial charge in [-0.3, -0.25) is 4.79 Å². The second-order valence-electron chi connectivity index (χ2n) is 10.8. The highest BCUT2D eigenvalue weighted by molar-refractivity contribution is 7.89. The minimum absolute atomic E-state index is 0.00456. The summed E-state index contributed by atoms with van der Waals surface area (Å²) in [6.07, 6.45) is 6.25. The number of anilines is 1. The number of aromatic nitrogens is 2. The number of carbonyl (C=O) groups is 1. The van der Waals surface area contributed by atoms with Gasteiger partial charge in [0.1, 0.15) is 22.4 Å². The van der Waals surface area contributed by atoms with Crippen molar-refractivity contribution in [3.63, 3.8) is 0 Å². The molecule has 212 valence electrons. The summed E-state index contributed by atoms with van der Waals surface area (Å²) in [5.74, 6) is -0.745. The summed E-state index contributed by atoms with van der Waals surface area (Å²) in [6, 6.07) is 16.7. The zero-order chi connectivity index (χ0) is 28.7. The standard InChI is InChI=1S/C31H30F2N4O3S/c1-36-16-15-34-30(36)19-37(31(38)26-18-24(26)21-9-12-22(32)13-10-21)23-14-11-20-5-4-7-28(25(20)17-23)35-41(39,40)29-8-3-2-6-27(29)33/h2-3,6,8-17,24,26,28,35H,4-5,7,18-19H2,1H3/t24-,26+,28+/m1/s1. The van der Waals surface area contributed by atoms with Crippen molar-refractivity contribution < 1.29 is 22.0 Å². The predicted octanol–water partition coefficient (Wildman–Crippen LogP) is 5.39. The van der Waals surface area contributed by atoms with Crippen LogP contribution >= 0.6 is 0 Å². The molecule has 7 nitrogen and oxygen atoms in total. The van der Waals surface area contributed by atoms with Crippen molar-refractivity contribution in [2.45, 2.75) is 49.1 Å². The number of amides is 1. The molecule has 0 saturated heterocycles. The topological polar surface area (TPSA) is 84.3 Å². The van der Waals surface area contributed by atoms with E-state index in [2.05, 4.69) is 9.71 Å². The summed E-state index contributed by atoms with van der Waals surface area (Å²) in [6.45, 7) is 0.235. The van der Waals surface area contributed by atoms with Gasteiger partial charge in [-0.15, -0.1) is 0 Å². The van der Waals surface area contributed by atoms with Crippen LogP contribution in [0.5, 0.6) is 0 Å². The van der Waals surface area contributed by atoms with Gasteiger partial charge in [0.15, 0.2) is 0 Å². The monoisotopic (exact) mass is 576 g/mol. The molecule has 0 unspecified atom stereocenters. The largest absolute Gasteiger partial charge is 0.337 e. The maximum absolute atomic E-state index is 14.4. The Morgan fingerprint density at radius 2 is 1.88 bits per heavy atom. The molecule has 1 aromatic heterocycles. The molecule has 0 aliphatic heterocycles. The van der Waals surface area contributed by atoms with Crippen LogP contribution < -0.4 is 9.62 Å². The summed E-state index contributed by atoms with van der Waals surface area (Å²) in [5.41, 5.74) is 3.33. The fourth-order valence-corrected chi connectivity index (χ4v) is 7.05. The molecule has 0 radical (unpaired) electrons. The first-order chi connectivity index (χ1) is 19.7. The summed E-state index contributed by atoms with van der Waals surface area (Å²) < 4.78 is 58.7. The molecule has 41 heavy (non-hydrogen) atoms. The highest BCUT2D eigenvalue weighted by atomic mass is 32.2. The number of imidazole rings is 1. The van der Waals surface area contributed by atoms with Gasteiger partial charge in [0.25, 0.3) is 0 Å². The number of rotatable bonds is 8. The molecule has 2 aliphatic rings. The average molecular weight is 577 g/mol. The Morgan fingerprint density at radius 3 is 2.61 bits per heavy atom. The lowest BCUT2D eigenvalue weighted by Gasteiger charge is -2.29. The molecule has 3 aromatic carbocycles. The quantitative estimate of drug-likeness (QED) is 0.305. The van der Waals surface area contributed by atoms with E-state index >= 15 is 0 Å². The Bertz CT molecular complexity index is 1700. The molecule has 1 saturated carbocycles. The van der Waals surface area contributed by atoms with Gasteiger partial charge in [-0.05, 0) is 84.7 Å². The third kappa shape index (κ3) is 5.54. The van der Waals surface area contributed by atoms with E-state index < -0.39 is 26.8 Å². The van der Waals surface area contributed by atoms with E-state index in [-0.39, 0.29) is 30.1 Å². The summed E-state index contributed by atoms with van der Waals surface area (Å²) in [7, 11) is -2.25. The van der Waals surface area contributed by atoms with E-state index in [0.29, 0.717) is 24.4 Å². The SMILES string of the molecule is Cn1ccnc1CN(C(=O)[C@H]1C[C@@H]1c1ccc(F)cc1)c1ccc2c(c1)[C@@H](NS(=O)(=O)c1ccccc1F)CCC2. The number of aryl methyl sites for hydroxylation is 2. The van der Waals surface area contributed by atoms with Crippen LogP contribution in [0.15, 0.2) is 84.0 Å². The van der Waals surface area contributed by atoms with E-state index in [1.165, 1.54) is 30.3 Å². The lowest BCUT2D eigenvalue weighted by molar-refractivity contribution is -0.120. The van der Waals surface area contributed by atoms with Crippen LogP contribution in [-0.2, 0) is 34.8 Å². The molecule has 10 heteroatoms. The van der Waals surface area contributed by atoms with Crippen LogP contribution in [0.4, 0.5) is 14.5 Å². The zero-order valence-corrected chi connectivity index (χ0v) is 23.3. The van der Waals surface area contributed by atoms with Crippen molar-refractivity contribution in [1.82, 2.24) is 14.3 Å². The van der Waals surface area contributed by atoms with Crippen molar-refractivity contribution >= 4 is 21.6 Å². The minimum atomic E-state index is -4.12. The van der Waals surface area contributed by atoms with Crippen molar-refractivity contribution in [2.24, 2.45) is 13.0 Å². The molecule has 3 atom stereocenters. The number of hydrogen-bond donors (Lipinski definition) is 1. The number of benzene rings is 3. The van der Waals surface area contributed by atoms with Crippen LogP contribution in [0.25, 0.3) is 0 Å². The number of hydrogen-bond acceptors (Lipinski definition) is 4. The van der Waals surface area contributed by atoms with Crippen LogP contribution in [0.1, 0.15) is 53.7 Å². The van der Waals surface area contributed by atoms with E-state index in [0.717, 1.165) is 35.6 Å². The first-order valence-electron chi connectivity index (χ1n) is 13.6. The molecule has 0 bridgehead atoms. The van der Waals surface area contributed by atoms with E-state index in [4.69, 9.17) is 0 Å². The predicted molar refractivity (Wildman–Crippen MR) is 150 cm³/mol. The van der Waals surface area contributed by atoms with Gasteiger partial charge >= 0.3 is 0 Å². The fourth-order valence-electron chi connectivity index (χ4n) is 5.72. The number of halogens is 2. The molecule has 6 rings (SSSR count). The van der Waals surface area contributed by atoms with Gasteiger partial charge in [-0.25, -0.2) is 26.9 Å². The molecular weight excluding hydrogens is 546 g/mol. The maximum Gasteiger partial charge on any atom is 0.244 e. The number of nitrogens with one attached hydrogen (secondary N) is 1. The van der Waals surface area contributed by atoms with Gasteiger partial charge in [0, 0.05) is 37.1 Å². The highest BCUT2D eigenvalue weighted by Gasteiger charge is 2.46. The molecule has 1 N–H and O–H groups in total. The molecule has 4 aromatic rings. The van der Waals surface area contributed by atoms with Crippen LogP contribution in [-0.4, -0.2) is 23.9 Å². The zero-order valence-electron chi connectivity index (χ0n) is 22.5. The Labute approximate surface area is 237 Å². The Hall–Kier alpha value is -3.89. The lowest BCUT2D eigenvalue weighted by Crippen LogP contribution is -2.34. The van der Waals surface area contributed by atoms with Gasteiger partial charge < -0.3 is 9.47 Å². The van der Waals surface area contributed by atoms with Gasteiger partial charge in [0.2, 0.25) is 15.9 Å². The number of fused-ring (bicyclic) bond motifs is 1. The third-order valence-corrected chi connectivity index (χ3v) is 9.58. The van der Waals surface area contributed by atoms with Crippen molar-refractivity contribution in [2.75, 3.05) is 4.90 Å². The van der Waals surface area contributed by atoms with Gasteiger partial charge in [-0.1, -0.05) is 30.3 Å².